The minimum Gasteiger partial charge on any atom is -0.480 e. The summed E-state index contributed by atoms with van der Waals surface area (Å²) in [5, 5.41) is 12.9. The number of sulfone groups is 1. The highest BCUT2D eigenvalue weighted by molar-refractivity contribution is 7.90. The Bertz CT molecular complexity index is 957. The molecule has 0 unspecified atom stereocenters. The van der Waals surface area contributed by atoms with E-state index < -0.39 is 15.8 Å². The van der Waals surface area contributed by atoms with Gasteiger partial charge in [-0.3, -0.25) is 0 Å². The molecule has 132 valence electrons. The summed E-state index contributed by atoms with van der Waals surface area (Å²) in [6.45, 7) is 0. The van der Waals surface area contributed by atoms with Crippen LogP contribution in [0, 0.1) is 5.82 Å². The van der Waals surface area contributed by atoms with Gasteiger partial charge in [-0.1, -0.05) is 17.3 Å². The third kappa shape index (κ3) is 3.09. The van der Waals surface area contributed by atoms with Gasteiger partial charge in [0.1, 0.15) is 10.7 Å². The van der Waals surface area contributed by atoms with Gasteiger partial charge in [-0.25, -0.2) is 17.8 Å². The Hall–Kier alpha value is -2.48. The lowest BCUT2D eigenvalue weighted by Gasteiger charge is -2.26. The summed E-state index contributed by atoms with van der Waals surface area (Å²) in [4.78, 5) is 4.04. The van der Waals surface area contributed by atoms with Crippen LogP contribution in [-0.2, 0) is 16.3 Å². The van der Waals surface area contributed by atoms with Crippen molar-refractivity contribution in [1.82, 2.24) is 4.98 Å². The number of fused-ring (bicyclic) bond motifs is 1. The first-order valence-electron chi connectivity index (χ1n) is 7.60. The largest absolute Gasteiger partial charge is 0.480 e. The maximum Gasteiger partial charge on any atom is 0.232 e. The van der Waals surface area contributed by atoms with E-state index in [0.29, 0.717) is 35.2 Å². The molecule has 8 heteroatoms. The maximum absolute atomic E-state index is 14.0. The van der Waals surface area contributed by atoms with Crippen LogP contribution in [0.2, 0.25) is 0 Å². The summed E-state index contributed by atoms with van der Waals surface area (Å²) in [6, 6.07) is 6.08. The minimum absolute atomic E-state index is 0.0102. The van der Waals surface area contributed by atoms with E-state index in [-0.39, 0.29) is 16.6 Å². The molecule has 0 saturated carbocycles. The molecule has 0 radical (unpaired) electrons. The molecule has 1 N–H and O–H groups in total. The van der Waals surface area contributed by atoms with E-state index in [4.69, 9.17) is 4.74 Å². The molecule has 0 saturated heterocycles. The highest BCUT2D eigenvalue weighted by atomic mass is 32.2. The van der Waals surface area contributed by atoms with Crippen molar-refractivity contribution in [2.45, 2.75) is 23.7 Å². The third-order valence-electron chi connectivity index (χ3n) is 4.35. The lowest BCUT2D eigenvalue weighted by Crippen LogP contribution is -2.23. The normalized spacial score (nSPS) is 18.8. The van der Waals surface area contributed by atoms with Crippen molar-refractivity contribution in [3.05, 3.63) is 53.0 Å². The van der Waals surface area contributed by atoms with E-state index in [1.165, 1.54) is 25.4 Å². The van der Waals surface area contributed by atoms with Crippen LogP contribution in [0.25, 0.3) is 0 Å². The van der Waals surface area contributed by atoms with E-state index in [0.717, 1.165) is 6.26 Å². The molecule has 1 aliphatic rings. The Labute approximate surface area is 144 Å². The van der Waals surface area contributed by atoms with Gasteiger partial charge in [0.05, 0.1) is 12.8 Å². The van der Waals surface area contributed by atoms with Crippen molar-refractivity contribution in [1.29, 1.82) is 0 Å². The molecule has 6 nitrogen and oxygen atoms in total. The highest BCUT2D eigenvalue weighted by Gasteiger charge is 2.30. The smallest absolute Gasteiger partial charge is 0.232 e. The molecule has 0 bridgehead atoms. The number of benzene rings is 1. The van der Waals surface area contributed by atoms with Gasteiger partial charge < -0.3 is 9.94 Å². The number of ether oxygens (including phenoxy) is 1. The minimum atomic E-state index is -3.55. The number of oxime groups is 1. The quantitative estimate of drug-likeness (QED) is 0.668. The zero-order valence-corrected chi connectivity index (χ0v) is 14.5. The molecule has 2 aromatic rings. The standard InChI is InChI=1S/C17H17FN2O4S/c1-24-17-15(25(2,22)23)8-10(9-19-17)11-6-7-12-13(16(11)20-21)4-3-5-14(12)18/h3-5,8-9,11,21H,6-7H2,1-2H3/t11-/m0/s1. The monoisotopic (exact) mass is 364 g/mol. The molecule has 3 rings (SSSR count). The Morgan fingerprint density at radius 2 is 2.16 bits per heavy atom. The Morgan fingerprint density at radius 3 is 2.80 bits per heavy atom. The molecular weight excluding hydrogens is 347 g/mol. The highest BCUT2D eigenvalue weighted by Crippen LogP contribution is 2.36. The first kappa shape index (κ1) is 17.3. The summed E-state index contributed by atoms with van der Waals surface area (Å²) in [7, 11) is -2.20. The van der Waals surface area contributed by atoms with Crippen LogP contribution >= 0.6 is 0 Å². The van der Waals surface area contributed by atoms with Crippen LogP contribution in [0.3, 0.4) is 0 Å². The lowest BCUT2D eigenvalue weighted by atomic mass is 9.79. The van der Waals surface area contributed by atoms with Gasteiger partial charge in [0.2, 0.25) is 5.88 Å². The van der Waals surface area contributed by atoms with Crippen LogP contribution < -0.4 is 4.74 Å². The molecule has 0 aliphatic heterocycles. The van der Waals surface area contributed by atoms with E-state index in [1.807, 2.05) is 0 Å². The summed E-state index contributed by atoms with van der Waals surface area (Å²) in [5.74, 6) is -0.726. The zero-order chi connectivity index (χ0) is 18.2. The number of aromatic nitrogens is 1. The van der Waals surface area contributed by atoms with Crippen molar-refractivity contribution in [3.63, 3.8) is 0 Å². The van der Waals surface area contributed by atoms with Gasteiger partial charge in [0.25, 0.3) is 0 Å². The second-order valence-corrected chi connectivity index (χ2v) is 7.87. The molecule has 1 aromatic carbocycles. The fraction of sp³-hybridized carbons (Fsp3) is 0.294. The van der Waals surface area contributed by atoms with Crippen molar-refractivity contribution in [3.8, 4) is 5.88 Å². The number of halogens is 1. The van der Waals surface area contributed by atoms with Gasteiger partial charge >= 0.3 is 0 Å². The molecule has 1 atom stereocenters. The fourth-order valence-corrected chi connectivity index (χ4v) is 3.97. The van der Waals surface area contributed by atoms with Crippen molar-refractivity contribution in [2.75, 3.05) is 13.4 Å². The molecule has 1 aliphatic carbocycles. The Morgan fingerprint density at radius 1 is 1.40 bits per heavy atom. The van der Waals surface area contributed by atoms with Crippen LogP contribution in [0.15, 0.2) is 40.5 Å². The van der Waals surface area contributed by atoms with Gasteiger partial charge in [0.15, 0.2) is 9.84 Å². The van der Waals surface area contributed by atoms with Crippen molar-refractivity contribution in [2.24, 2.45) is 5.16 Å². The summed E-state index contributed by atoms with van der Waals surface area (Å²) in [6.07, 6.45) is 3.49. The second-order valence-electron chi connectivity index (χ2n) is 5.89. The summed E-state index contributed by atoms with van der Waals surface area (Å²) >= 11 is 0. The molecule has 0 amide bonds. The predicted octanol–water partition coefficient (Wildman–Crippen LogP) is 2.54. The summed E-state index contributed by atoms with van der Waals surface area (Å²) in [5.41, 5.74) is 1.89. The Balaban J connectivity index is 2.12. The fourth-order valence-electron chi connectivity index (χ4n) is 3.17. The SMILES string of the molecule is COc1ncc([C@@H]2CCc3c(F)cccc3C2=NO)cc1S(C)(=O)=O. The van der Waals surface area contributed by atoms with Crippen molar-refractivity contribution >= 4 is 15.5 Å². The van der Waals surface area contributed by atoms with E-state index in [2.05, 4.69) is 10.1 Å². The van der Waals surface area contributed by atoms with Gasteiger partial charge in [-0.05, 0) is 36.1 Å². The van der Waals surface area contributed by atoms with Crippen LogP contribution in [-0.4, -0.2) is 37.7 Å². The number of nitrogens with zero attached hydrogens (tertiary/aromatic N) is 2. The first-order chi connectivity index (χ1) is 11.9. The van der Waals surface area contributed by atoms with E-state index >= 15 is 0 Å². The van der Waals surface area contributed by atoms with Gasteiger partial charge in [-0.2, -0.15) is 0 Å². The predicted molar refractivity (Wildman–Crippen MR) is 89.7 cm³/mol. The van der Waals surface area contributed by atoms with Crippen molar-refractivity contribution < 1.29 is 22.8 Å². The molecule has 1 aromatic heterocycles. The summed E-state index contributed by atoms with van der Waals surface area (Å²) < 4.78 is 43.0. The maximum atomic E-state index is 14.0. The number of pyridine rings is 1. The molecule has 25 heavy (non-hydrogen) atoms. The molecule has 0 fully saturated rings. The van der Waals surface area contributed by atoms with Crippen LogP contribution in [0.5, 0.6) is 5.88 Å². The number of hydrogen-bond donors (Lipinski definition) is 1. The van der Waals surface area contributed by atoms with Gasteiger partial charge in [-0.15, -0.1) is 0 Å². The number of rotatable bonds is 3. The molecule has 1 heterocycles. The van der Waals surface area contributed by atoms with Crippen LogP contribution in [0.4, 0.5) is 4.39 Å². The third-order valence-corrected chi connectivity index (χ3v) is 5.44. The van der Waals surface area contributed by atoms with Crippen LogP contribution in [0.1, 0.15) is 29.0 Å². The second kappa shape index (κ2) is 6.44. The zero-order valence-electron chi connectivity index (χ0n) is 13.7. The topological polar surface area (TPSA) is 88.8 Å². The number of methoxy groups -OCH3 is 1. The molecule has 0 spiro atoms. The lowest BCUT2D eigenvalue weighted by molar-refractivity contribution is 0.316. The average molecular weight is 364 g/mol. The molecular formula is C17H17FN2O4S. The first-order valence-corrected chi connectivity index (χ1v) is 9.49. The van der Waals surface area contributed by atoms with Gasteiger partial charge in [0, 0.05) is 23.9 Å². The van der Waals surface area contributed by atoms with E-state index in [1.54, 1.807) is 12.1 Å². The average Bonchev–Trinajstić information content (AvgIpc) is 2.59. The van der Waals surface area contributed by atoms with E-state index in [9.17, 15) is 18.0 Å². The Kier molecular flexibility index (Phi) is 4.47. The number of hydrogen-bond acceptors (Lipinski definition) is 6.